The van der Waals surface area contributed by atoms with Crippen molar-refractivity contribution in [2.75, 3.05) is 6.61 Å². The van der Waals surface area contributed by atoms with E-state index < -0.39 is 5.97 Å². The summed E-state index contributed by atoms with van der Waals surface area (Å²) in [4.78, 5) is 22.5. The molecule has 0 bridgehead atoms. The Morgan fingerprint density at radius 3 is 2.72 bits per heavy atom. The first-order chi connectivity index (χ1) is 8.65. The van der Waals surface area contributed by atoms with E-state index in [0.717, 1.165) is 32.3 Å². The molecule has 1 saturated heterocycles. The smallest absolute Gasteiger partial charge is 0.306 e. The van der Waals surface area contributed by atoms with Crippen molar-refractivity contribution in [2.45, 2.75) is 57.1 Å². The Hall–Kier alpha value is -1.10. The van der Waals surface area contributed by atoms with Gasteiger partial charge in [0.05, 0.1) is 12.0 Å². The number of amides is 1. The fourth-order valence-corrected chi connectivity index (χ4v) is 2.80. The zero-order valence-electron chi connectivity index (χ0n) is 10.6. The van der Waals surface area contributed by atoms with E-state index in [1.807, 2.05) is 0 Å². The van der Waals surface area contributed by atoms with Crippen LogP contribution in [0.1, 0.15) is 44.9 Å². The summed E-state index contributed by atoms with van der Waals surface area (Å²) in [6, 6.07) is 0.0445. The van der Waals surface area contributed by atoms with Gasteiger partial charge in [-0.2, -0.15) is 0 Å². The van der Waals surface area contributed by atoms with E-state index in [1.165, 1.54) is 0 Å². The summed E-state index contributed by atoms with van der Waals surface area (Å²) >= 11 is 0. The van der Waals surface area contributed by atoms with E-state index >= 15 is 0 Å². The normalized spacial score (nSPS) is 31.4. The van der Waals surface area contributed by atoms with Crippen LogP contribution in [0.5, 0.6) is 0 Å². The molecule has 1 amide bonds. The van der Waals surface area contributed by atoms with Crippen LogP contribution in [-0.2, 0) is 14.3 Å². The molecule has 0 radical (unpaired) electrons. The average molecular weight is 255 g/mol. The zero-order valence-corrected chi connectivity index (χ0v) is 10.6. The molecule has 18 heavy (non-hydrogen) atoms. The lowest BCUT2D eigenvalue weighted by molar-refractivity contribution is -0.141. The van der Waals surface area contributed by atoms with Gasteiger partial charge in [0.1, 0.15) is 0 Å². The molecule has 0 aromatic rings. The van der Waals surface area contributed by atoms with Crippen LogP contribution in [0.2, 0.25) is 0 Å². The van der Waals surface area contributed by atoms with Crippen LogP contribution in [-0.4, -0.2) is 35.7 Å². The van der Waals surface area contributed by atoms with Crippen LogP contribution in [0.15, 0.2) is 0 Å². The van der Waals surface area contributed by atoms with E-state index in [1.54, 1.807) is 0 Å². The van der Waals surface area contributed by atoms with Gasteiger partial charge in [-0.25, -0.2) is 0 Å². The highest BCUT2D eigenvalue weighted by Gasteiger charge is 2.30. The van der Waals surface area contributed by atoms with Gasteiger partial charge >= 0.3 is 5.97 Å². The fraction of sp³-hybridized carbons (Fsp3) is 0.846. The Labute approximate surface area is 107 Å². The third kappa shape index (κ3) is 3.70. The summed E-state index contributed by atoms with van der Waals surface area (Å²) in [6.07, 6.45) is 5.67. The minimum absolute atomic E-state index is 0.0292. The summed E-state index contributed by atoms with van der Waals surface area (Å²) in [5.74, 6) is -0.999. The van der Waals surface area contributed by atoms with Crippen molar-refractivity contribution in [3.05, 3.63) is 0 Å². The van der Waals surface area contributed by atoms with Crippen molar-refractivity contribution in [2.24, 2.45) is 5.92 Å². The molecule has 5 nitrogen and oxygen atoms in total. The Morgan fingerprint density at radius 2 is 2.11 bits per heavy atom. The van der Waals surface area contributed by atoms with Crippen molar-refractivity contribution in [3.8, 4) is 0 Å². The lowest BCUT2D eigenvalue weighted by atomic mass is 10.1. The summed E-state index contributed by atoms with van der Waals surface area (Å²) in [5.41, 5.74) is 0. The highest BCUT2D eigenvalue weighted by molar-refractivity contribution is 5.76. The van der Waals surface area contributed by atoms with Crippen LogP contribution in [0, 0.1) is 5.92 Å². The molecule has 2 aliphatic rings. The number of carboxylic acid groups (broad SMARTS) is 1. The number of ether oxygens (including phenoxy) is 1. The van der Waals surface area contributed by atoms with Gasteiger partial charge in [0, 0.05) is 19.1 Å². The number of hydrogen-bond donors (Lipinski definition) is 2. The summed E-state index contributed by atoms with van der Waals surface area (Å²) < 4.78 is 5.46. The molecule has 5 heteroatoms. The van der Waals surface area contributed by atoms with Gasteiger partial charge in [-0.05, 0) is 38.5 Å². The Kier molecular flexibility index (Phi) is 4.58. The lowest BCUT2D eigenvalue weighted by Crippen LogP contribution is -2.33. The monoisotopic (exact) mass is 255 g/mol. The average Bonchev–Trinajstić information content (AvgIpc) is 2.96. The van der Waals surface area contributed by atoms with Gasteiger partial charge in [-0.1, -0.05) is 0 Å². The summed E-state index contributed by atoms with van der Waals surface area (Å²) in [5, 5.41) is 11.8. The van der Waals surface area contributed by atoms with Gasteiger partial charge in [0.25, 0.3) is 0 Å². The SMILES string of the molecule is O=C(CCC1CCCO1)N[C@@H]1CC[C@H](C(=O)O)C1. The van der Waals surface area contributed by atoms with E-state index in [9.17, 15) is 9.59 Å². The van der Waals surface area contributed by atoms with E-state index in [2.05, 4.69) is 5.32 Å². The maximum atomic E-state index is 11.7. The topological polar surface area (TPSA) is 75.6 Å². The minimum Gasteiger partial charge on any atom is -0.481 e. The first-order valence-electron chi connectivity index (χ1n) is 6.79. The molecule has 3 atom stereocenters. The van der Waals surface area contributed by atoms with Crippen LogP contribution in [0.4, 0.5) is 0 Å². The van der Waals surface area contributed by atoms with Crippen molar-refractivity contribution in [1.29, 1.82) is 0 Å². The van der Waals surface area contributed by atoms with Crippen LogP contribution in [0.3, 0.4) is 0 Å². The molecule has 102 valence electrons. The van der Waals surface area contributed by atoms with Gasteiger partial charge in [-0.3, -0.25) is 9.59 Å². The Bertz CT molecular complexity index is 312. The van der Waals surface area contributed by atoms with Gasteiger partial charge in [0.15, 0.2) is 0 Å². The largest absolute Gasteiger partial charge is 0.481 e. The molecule has 2 fully saturated rings. The van der Waals surface area contributed by atoms with E-state index in [0.29, 0.717) is 19.3 Å². The number of rotatable bonds is 5. The number of hydrogen-bond acceptors (Lipinski definition) is 3. The molecular formula is C13H21NO4. The number of aliphatic carboxylic acids is 1. The van der Waals surface area contributed by atoms with Crippen molar-refractivity contribution < 1.29 is 19.4 Å². The summed E-state index contributed by atoms with van der Waals surface area (Å²) in [7, 11) is 0. The highest BCUT2D eigenvalue weighted by Crippen LogP contribution is 2.25. The minimum atomic E-state index is -0.744. The Balaban J connectivity index is 1.63. The molecular weight excluding hydrogens is 234 g/mol. The number of nitrogens with one attached hydrogen (secondary N) is 1. The predicted molar refractivity (Wildman–Crippen MR) is 65.1 cm³/mol. The molecule has 1 aliphatic carbocycles. The molecule has 0 spiro atoms. The van der Waals surface area contributed by atoms with Crippen LogP contribution in [0.25, 0.3) is 0 Å². The molecule has 1 heterocycles. The fourth-order valence-electron chi connectivity index (χ4n) is 2.80. The Morgan fingerprint density at radius 1 is 1.28 bits per heavy atom. The van der Waals surface area contributed by atoms with Crippen LogP contribution < -0.4 is 5.32 Å². The molecule has 1 saturated carbocycles. The third-order valence-electron chi connectivity index (χ3n) is 3.86. The second-order valence-electron chi connectivity index (χ2n) is 5.29. The highest BCUT2D eigenvalue weighted by atomic mass is 16.5. The maximum Gasteiger partial charge on any atom is 0.306 e. The quantitative estimate of drug-likeness (QED) is 0.776. The van der Waals surface area contributed by atoms with E-state index in [4.69, 9.17) is 9.84 Å². The van der Waals surface area contributed by atoms with Crippen molar-refractivity contribution >= 4 is 11.9 Å². The molecule has 1 unspecified atom stereocenters. The molecule has 1 aliphatic heterocycles. The second kappa shape index (κ2) is 6.18. The zero-order chi connectivity index (χ0) is 13.0. The molecule has 2 N–H and O–H groups in total. The molecule has 0 aromatic carbocycles. The maximum absolute atomic E-state index is 11.7. The number of carbonyl (C=O) groups is 2. The van der Waals surface area contributed by atoms with Gasteiger partial charge in [0.2, 0.25) is 5.91 Å². The lowest BCUT2D eigenvalue weighted by Gasteiger charge is -2.13. The van der Waals surface area contributed by atoms with Crippen molar-refractivity contribution in [3.63, 3.8) is 0 Å². The first-order valence-corrected chi connectivity index (χ1v) is 6.79. The predicted octanol–water partition coefficient (Wildman–Crippen LogP) is 1.32. The van der Waals surface area contributed by atoms with Gasteiger partial charge in [-0.15, -0.1) is 0 Å². The standard InChI is InChI=1S/C13H21NO4/c15-12(6-5-11-2-1-7-18-11)14-10-4-3-9(8-10)13(16)17/h9-11H,1-8H2,(H,14,15)(H,16,17)/t9-,10+,11?/m0/s1. The third-order valence-corrected chi connectivity index (χ3v) is 3.86. The number of carboxylic acids is 1. The van der Waals surface area contributed by atoms with E-state index in [-0.39, 0.29) is 24.0 Å². The second-order valence-corrected chi connectivity index (χ2v) is 5.29. The number of carbonyl (C=O) groups excluding carboxylic acids is 1. The van der Waals surface area contributed by atoms with Crippen LogP contribution >= 0.6 is 0 Å². The summed E-state index contributed by atoms with van der Waals surface area (Å²) in [6.45, 7) is 0.815. The first kappa shape index (κ1) is 13.3. The van der Waals surface area contributed by atoms with Crippen molar-refractivity contribution in [1.82, 2.24) is 5.32 Å². The van der Waals surface area contributed by atoms with Gasteiger partial charge < -0.3 is 15.2 Å². The molecule has 0 aromatic heterocycles. The molecule has 2 rings (SSSR count).